The van der Waals surface area contributed by atoms with Gasteiger partial charge in [-0.15, -0.1) is 0 Å². The summed E-state index contributed by atoms with van der Waals surface area (Å²) in [6.45, 7) is 3.15. The Bertz CT molecular complexity index is 568. The van der Waals surface area contributed by atoms with Crippen molar-refractivity contribution in [2.75, 3.05) is 6.54 Å². The number of nitrogens with zero attached hydrogens (tertiary/aromatic N) is 1. The van der Waals surface area contributed by atoms with Crippen LogP contribution in [0.15, 0.2) is 24.3 Å². The van der Waals surface area contributed by atoms with E-state index in [9.17, 15) is 14.0 Å². The molecule has 106 valence electrons. The largest absolute Gasteiger partial charge is 0.478 e. The third-order valence-electron chi connectivity index (χ3n) is 3.25. The molecule has 1 heterocycles. The molecule has 1 fully saturated rings. The lowest BCUT2D eigenvalue weighted by Gasteiger charge is -2.16. The molecule has 0 aliphatic carbocycles. The maximum Gasteiger partial charge on any atom is 0.328 e. The number of carbonyl (C=O) groups excluding carboxylic acids is 1. The molecule has 4 nitrogen and oxygen atoms in total. The summed E-state index contributed by atoms with van der Waals surface area (Å²) in [5, 5.41) is 8.57. The minimum absolute atomic E-state index is 0.101. The molecule has 1 N–H and O–H groups in total. The highest BCUT2D eigenvalue weighted by Gasteiger charge is 2.26. The van der Waals surface area contributed by atoms with Crippen LogP contribution in [0.1, 0.15) is 24.5 Å². The molecule has 0 saturated carbocycles. The summed E-state index contributed by atoms with van der Waals surface area (Å²) in [5.74, 6) is -1.16. The molecule has 0 bridgehead atoms. The molecule has 5 heteroatoms. The van der Waals surface area contributed by atoms with Gasteiger partial charge in [0.2, 0.25) is 5.91 Å². The Morgan fingerprint density at radius 2 is 2.30 bits per heavy atom. The SMILES string of the molecule is CC1CC(=O)N(Cc2ccc(F)c(C=CC(=O)O)c2)C1. The number of hydrogen-bond acceptors (Lipinski definition) is 2. The van der Waals surface area contributed by atoms with Gasteiger partial charge < -0.3 is 10.0 Å². The molecule has 0 spiro atoms. The molecule has 0 radical (unpaired) electrons. The van der Waals surface area contributed by atoms with E-state index in [1.54, 1.807) is 17.0 Å². The number of carboxylic acids is 1. The molecule has 1 unspecified atom stereocenters. The standard InChI is InChI=1S/C15H16FNO3/c1-10-6-14(18)17(8-10)9-11-2-4-13(16)12(7-11)3-5-15(19)20/h2-5,7,10H,6,8-9H2,1H3,(H,19,20). The Hall–Kier alpha value is -2.17. The molecule has 1 amide bonds. The Kier molecular flexibility index (Phi) is 4.17. The summed E-state index contributed by atoms with van der Waals surface area (Å²) in [4.78, 5) is 23.9. The first kappa shape index (κ1) is 14.2. The van der Waals surface area contributed by atoms with Crippen molar-refractivity contribution in [1.29, 1.82) is 0 Å². The van der Waals surface area contributed by atoms with Crippen molar-refractivity contribution in [1.82, 2.24) is 4.90 Å². The van der Waals surface area contributed by atoms with E-state index in [0.717, 1.165) is 11.6 Å². The van der Waals surface area contributed by atoms with Crippen LogP contribution in [0, 0.1) is 11.7 Å². The van der Waals surface area contributed by atoms with Gasteiger partial charge in [0.15, 0.2) is 0 Å². The number of hydrogen-bond donors (Lipinski definition) is 1. The predicted molar refractivity (Wildman–Crippen MR) is 72.3 cm³/mol. The number of carbonyl (C=O) groups is 2. The summed E-state index contributed by atoms with van der Waals surface area (Å²) in [5.41, 5.74) is 1.00. The summed E-state index contributed by atoms with van der Waals surface area (Å²) in [7, 11) is 0. The Labute approximate surface area is 116 Å². The fraction of sp³-hybridized carbons (Fsp3) is 0.333. The zero-order valence-corrected chi connectivity index (χ0v) is 11.2. The fourth-order valence-corrected chi connectivity index (χ4v) is 2.32. The van der Waals surface area contributed by atoms with Gasteiger partial charge in [0.1, 0.15) is 5.82 Å². The van der Waals surface area contributed by atoms with E-state index in [0.29, 0.717) is 25.4 Å². The number of likely N-dealkylation sites (tertiary alicyclic amines) is 1. The van der Waals surface area contributed by atoms with Crippen LogP contribution in [0.4, 0.5) is 4.39 Å². The van der Waals surface area contributed by atoms with Crippen LogP contribution in [-0.4, -0.2) is 28.4 Å². The van der Waals surface area contributed by atoms with E-state index in [2.05, 4.69) is 0 Å². The molecule has 20 heavy (non-hydrogen) atoms. The van der Waals surface area contributed by atoms with Crippen LogP contribution in [0.5, 0.6) is 0 Å². The fourth-order valence-electron chi connectivity index (χ4n) is 2.32. The van der Waals surface area contributed by atoms with Crippen molar-refractivity contribution >= 4 is 18.0 Å². The number of benzene rings is 1. The van der Waals surface area contributed by atoms with E-state index >= 15 is 0 Å². The van der Waals surface area contributed by atoms with Gasteiger partial charge in [-0.05, 0) is 29.7 Å². The van der Waals surface area contributed by atoms with Gasteiger partial charge in [0, 0.05) is 31.1 Å². The number of aliphatic carboxylic acids is 1. The highest BCUT2D eigenvalue weighted by molar-refractivity contribution is 5.85. The van der Waals surface area contributed by atoms with Crippen LogP contribution in [-0.2, 0) is 16.1 Å². The van der Waals surface area contributed by atoms with Gasteiger partial charge >= 0.3 is 5.97 Å². The van der Waals surface area contributed by atoms with Gasteiger partial charge in [-0.1, -0.05) is 13.0 Å². The van der Waals surface area contributed by atoms with E-state index in [4.69, 9.17) is 5.11 Å². The van der Waals surface area contributed by atoms with Crippen molar-refractivity contribution in [3.63, 3.8) is 0 Å². The van der Waals surface area contributed by atoms with Crippen LogP contribution in [0.2, 0.25) is 0 Å². The van der Waals surface area contributed by atoms with E-state index in [1.165, 1.54) is 12.1 Å². The minimum atomic E-state index is -1.13. The first-order chi connectivity index (χ1) is 9.45. The molecular weight excluding hydrogens is 261 g/mol. The molecule has 1 aliphatic heterocycles. The molecule has 1 atom stereocenters. The second-order valence-corrected chi connectivity index (χ2v) is 5.11. The second-order valence-electron chi connectivity index (χ2n) is 5.11. The van der Waals surface area contributed by atoms with Crippen LogP contribution in [0.25, 0.3) is 6.08 Å². The first-order valence-electron chi connectivity index (χ1n) is 6.43. The van der Waals surface area contributed by atoms with Crippen LogP contribution < -0.4 is 0 Å². The number of halogens is 1. The number of carboxylic acid groups (broad SMARTS) is 1. The van der Waals surface area contributed by atoms with Crippen molar-refractivity contribution in [3.8, 4) is 0 Å². The van der Waals surface area contributed by atoms with E-state index < -0.39 is 11.8 Å². The second kappa shape index (κ2) is 5.86. The zero-order valence-electron chi connectivity index (χ0n) is 11.2. The van der Waals surface area contributed by atoms with E-state index in [1.807, 2.05) is 6.92 Å². The third-order valence-corrected chi connectivity index (χ3v) is 3.25. The van der Waals surface area contributed by atoms with Crippen LogP contribution in [0.3, 0.4) is 0 Å². The first-order valence-corrected chi connectivity index (χ1v) is 6.43. The Morgan fingerprint density at radius 3 is 2.90 bits per heavy atom. The summed E-state index contributed by atoms with van der Waals surface area (Å²) in [6, 6.07) is 4.48. The highest BCUT2D eigenvalue weighted by atomic mass is 19.1. The summed E-state index contributed by atoms with van der Waals surface area (Å²) >= 11 is 0. The summed E-state index contributed by atoms with van der Waals surface area (Å²) in [6.07, 6.45) is 2.66. The Morgan fingerprint density at radius 1 is 1.55 bits per heavy atom. The lowest BCUT2D eigenvalue weighted by Crippen LogP contribution is -2.24. The predicted octanol–water partition coefficient (Wildman–Crippen LogP) is 2.29. The van der Waals surface area contributed by atoms with Gasteiger partial charge in [-0.25, -0.2) is 9.18 Å². The van der Waals surface area contributed by atoms with E-state index in [-0.39, 0.29) is 11.5 Å². The zero-order chi connectivity index (χ0) is 14.7. The average molecular weight is 277 g/mol. The third kappa shape index (κ3) is 3.44. The molecule has 1 saturated heterocycles. The lowest BCUT2D eigenvalue weighted by molar-refractivity contribution is -0.131. The average Bonchev–Trinajstić information content (AvgIpc) is 2.68. The van der Waals surface area contributed by atoms with Crippen molar-refractivity contribution in [2.45, 2.75) is 19.9 Å². The molecule has 1 aromatic rings. The smallest absolute Gasteiger partial charge is 0.328 e. The molecule has 2 rings (SSSR count). The van der Waals surface area contributed by atoms with Gasteiger partial charge in [-0.2, -0.15) is 0 Å². The van der Waals surface area contributed by atoms with Crippen LogP contribution >= 0.6 is 0 Å². The minimum Gasteiger partial charge on any atom is -0.478 e. The van der Waals surface area contributed by atoms with Crippen molar-refractivity contribution in [2.24, 2.45) is 5.92 Å². The van der Waals surface area contributed by atoms with Gasteiger partial charge in [0.05, 0.1) is 0 Å². The normalized spacial score (nSPS) is 19.0. The van der Waals surface area contributed by atoms with Crippen molar-refractivity contribution < 1.29 is 19.1 Å². The molecular formula is C15H16FNO3. The quantitative estimate of drug-likeness (QED) is 0.859. The van der Waals surface area contributed by atoms with Gasteiger partial charge in [0.25, 0.3) is 0 Å². The Balaban J connectivity index is 2.15. The summed E-state index contributed by atoms with van der Waals surface area (Å²) < 4.78 is 13.5. The van der Waals surface area contributed by atoms with Gasteiger partial charge in [-0.3, -0.25) is 4.79 Å². The highest BCUT2D eigenvalue weighted by Crippen LogP contribution is 2.21. The number of rotatable bonds is 4. The molecule has 0 aromatic heterocycles. The monoisotopic (exact) mass is 277 g/mol. The molecule has 1 aliphatic rings. The number of amides is 1. The maximum atomic E-state index is 13.5. The van der Waals surface area contributed by atoms with Crippen molar-refractivity contribution in [3.05, 3.63) is 41.2 Å². The topological polar surface area (TPSA) is 57.6 Å². The molecule has 1 aromatic carbocycles. The lowest BCUT2D eigenvalue weighted by atomic mass is 10.1. The maximum absolute atomic E-state index is 13.5.